The van der Waals surface area contributed by atoms with Gasteiger partial charge in [-0.25, -0.2) is 0 Å². The van der Waals surface area contributed by atoms with Crippen molar-refractivity contribution < 1.29 is 9.53 Å². The number of hydrogen-bond acceptors (Lipinski definition) is 2. The molecule has 0 spiro atoms. The lowest BCUT2D eigenvalue weighted by atomic mass is 10.2. The highest BCUT2D eigenvalue weighted by atomic mass is 79.9. The highest BCUT2D eigenvalue weighted by Crippen LogP contribution is 2.08. The second kappa shape index (κ2) is 7.23. The van der Waals surface area contributed by atoms with Crippen molar-refractivity contribution in [3.63, 3.8) is 0 Å². The largest absolute Gasteiger partial charge is 0.366 e. The SMILES string of the molecule is CCC(Br)CCNC(=O)COC(C)(C)C. The molecule has 0 aliphatic carbocycles. The first kappa shape index (κ1) is 14.9. The normalized spacial score (nSPS) is 13.7. The van der Waals surface area contributed by atoms with Gasteiger partial charge in [0.15, 0.2) is 0 Å². The van der Waals surface area contributed by atoms with Crippen LogP contribution < -0.4 is 5.32 Å². The van der Waals surface area contributed by atoms with Gasteiger partial charge in [-0.05, 0) is 33.6 Å². The van der Waals surface area contributed by atoms with Crippen molar-refractivity contribution in [1.82, 2.24) is 5.32 Å². The number of ether oxygens (including phenoxy) is 1. The summed E-state index contributed by atoms with van der Waals surface area (Å²) in [6.45, 7) is 8.77. The van der Waals surface area contributed by atoms with E-state index >= 15 is 0 Å². The van der Waals surface area contributed by atoms with Crippen LogP contribution in [-0.2, 0) is 9.53 Å². The van der Waals surface area contributed by atoms with Gasteiger partial charge in [0.1, 0.15) is 6.61 Å². The molecule has 1 unspecified atom stereocenters. The van der Waals surface area contributed by atoms with Gasteiger partial charge in [0.05, 0.1) is 5.60 Å². The maximum atomic E-state index is 11.3. The molecule has 0 aromatic rings. The van der Waals surface area contributed by atoms with Gasteiger partial charge in [0.2, 0.25) is 5.91 Å². The Kier molecular flexibility index (Phi) is 7.18. The molecular formula is C11H22BrNO2. The zero-order valence-electron chi connectivity index (χ0n) is 10.1. The summed E-state index contributed by atoms with van der Waals surface area (Å²) in [4.78, 5) is 11.8. The monoisotopic (exact) mass is 279 g/mol. The lowest BCUT2D eigenvalue weighted by molar-refractivity contribution is -0.130. The Morgan fingerprint density at radius 3 is 2.53 bits per heavy atom. The van der Waals surface area contributed by atoms with Gasteiger partial charge in [0.25, 0.3) is 0 Å². The van der Waals surface area contributed by atoms with E-state index in [1.807, 2.05) is 20.8 Å². The number of carbonyl (C=O) groups excluding carboxylic acids is 1. The van der Waals surface area contributed by atoms with E-state index in [0.29, 0.717) is 11.4 Å². The average Bonchev–Trinajstić information content (AvgIpc) is 2.13. The Morgan fingerprint density at radius 1 is 1.47 bits per heavy atom. The lowest BCUT2D eigenvalue weighted by Gasteiger charge is -2.19. The number of nitrogens with one attached hydrogen (secondary N) is 1. The van der Waals surface area contributed by atoms with Crippen LogP contribution in [0.25, 0.3) is 0 Å². The highest BCUT2D eigenvalue weighted by molar-refractivity contribution is 9.09. The highest BCUT2D eigenvalue weighted by Gasteiger charge is 2.12. The van der Waals surface area contributed by atoms with Crippen LogP contribution in [0.1, 0.15) is 40.5 Å². The summed E-state index contributed by atoms with van der Waals surface area (Å²) >= 11 is 3.52. The third-order valence-corrected chi connectivity index (χ3v) is 2.96. The summed E-state index contributed by atoms with van der Waals surface area (Å²) in [6.07, 6.45) is 2.03. The molecule has 0 aromatic carbocycles. The van der Waals surface area contributed by atoms with Crippen LogP contribution in [0.3, 0.4) is 0 Å². The summed E-state index contributed by atoms with van der Waals surface area (Å²) in [5.74, 6) is -0.0410. The predicted octanol–water partition coefficient (Wildman–Crippen LogP) is 2.48. The number of alkyl halides is 1. The van der Waals surface area contributed by atoms with Crippen molar-refractivity contribution in [1.29, 1.82) is 0 Å². The molecule has 0 saturated heterocycles. The Hall–Kier alpha value is -0.0900. The maximum Gasteiger partial charge on any atom is 0.246 e. The summed E-state index contributed by atoms with van der Waals surface area (Å²) in [5, 5.41) is 2.83. The summed E-state index contributed by atoms with van der Waals surface area (Å²) in [5.41, 5.74) is -0.251. The van der Waals surface area contributed by atoms with E-state index < -0.39 is 0 Å². The molecule has 1 atom stereocenters. The van der Waals surface area contributed by atoms with Gasteiger partial charge >= 0.3 is 0 Å². The minimum atomic E-state index is -0.251. The van der Waals surface area contributed by atoms with Crippen LogP contribution in [0, 0.1) is 0 Å². The van der Waals surface area contributed by atoms with E-state index in [1.54, 1.807) is 0 Å². The molecule has 0 rings (SSSR count). The lowest BCUT2D eigenvalue weighted by Crippen LogP contribution is -2.33. The standard InChI is InChI=1S/C11H22BrNO2/c1-5-9(12)6-7-13-10(14)8-15-11(2,3)4/h9H,5-8H2,1-4H3,(H,13,14). The van der Waals surface area contributed by atoms with Crippen molar-refractivity contribution in [2.24, 2.45) is 0 Å². The third-order valence-electron chi connectivity index (χ3n) is 1.86. The number of amides is 1. The van der Waals surface area contributed by atoms with Crippen LogP contribution in [0.4, 0.5) is 0 Å². The van der Waals surface area contributed by atoms with Gasteiger partial charge < -0.3 is 10.1 Å². The first-order valence-electron chi connectivity index (χ1n) is 5.40. The van der Waals surface area contributed by atoms with E-state index in [9.17, 15) is 4.79 Å². The number of rotatable bonds is 6. The quantitative estimate of drug-likeness (QED) is 0.759. The van der Waals surface area contributed by atoms with Gasteiger partial charge in [-0.2, -0.15) is 0 Å². The van der Waals surface area contributed by atoms with Crippen LogP contribution >= 0.6 is 15.9 Å². The van der Waals surface area contributed by atoms with E-state index in [4.69, 9.17) is 4.74 Å². The minimum Gasteiger partial charge on any atom is -0.366 e. The van der Waals surface area contributed by atoms with Crippen molar-refractivity contribution in [3.05, 3.63) is 0 Å². The van der Waals surface area contributed by atoms with Crippen molar-refractivity contribution in [3.8, 4) is 0 Å². The maximum absolute atomic E-state index is 11.3. The van der Waals surface area contributed by atoms with Gasteiger partial charge in [-0.3, -0.25) is 4.79 Å². The molecule has 0 bridgehead atoms. The molecule has 1 N–H and O–H groups in total. The topological polar surface area (TPSA) is 38.3 Å². The Bertz CT molecular complexity index is 190. The summed E-state index contributed by atoms with van der Waals surface area (Å²) in [7, 11) is 0. The molecule has 3 nitrogen and oxygen atoms in total. The molecule has 0 radical (unpaired) electrons. The van der Waals surface area contributed by atoms with Crippen molar-refractivity contribution in [2.75, 3.05) is 13.2 Å². The third kappa shape index (κ3) is 10.2. The molecule has 1 amide bonds. The first-order chi connectivity index (χ1) is 6.85. The fraction of sp³-hybridized carbons (Fsp3) is 0.909. The number of carbonyl (C=O) groups is 1. The number of hydrogen-bond donors (Lipinski definition) is 1. The Balaban J connectivity index is 3.50. The van der Waals surface area contributed by atoms with Crippen LogP contribution in [-0.4, -0.2) is 29.5 Å². The summed E-state index contributed by atoms with van der Waals surface area (Å²) < 4.78 is 5.35. The molecule has 0 fully saturated rings. The molecule has 15 heavy (non-hydrogen) atoms. The van der Waals surface area contributed by atoms with E-state index in [-0.39, 0.29) is 18.1 Å². The molecular weight excluding hydrogens is 258 g/mol. The van der Waals surface area contributed by atoms with Gasteiger partial charge in [0, 0.05) is 11.4 Å². The zero-order chi connectivity index (χ0) is 11.9. The summed E-state index contributed by atoms with van der Waals surface area (Å²) in [6, 6.07) is 0. The van der Waals surface area contributed by atoms with Crippen LogP contribution in [0.15, 0.2) is 0 Å². The van der Waals surface area contributed by atoms with Gasteiger partial charge in [-0.15, -0.1) is 0 Å². The smallest absolute Gasteiger partial charge is 0.246 e. The molecule has 0 saturated carbocycles. The molecule has 0 aliphatic heterocycles. The van der Waals surface area contributed by atoms with E-state index in [2.05, 4.69) is 28.2 Å². The van der Waals surface area contributed by atoms with E-state index in [0.717, 1.165) is 12.8 Å². The molecule has 0 aromatic heterocycles. The number of halogens is 1. The molecule has 0 heterocycles. The Labute approximate surface area is 101 Å². The molecule has 4 heteroatoms. The Morgan fingerprint density at radius 2 is 2.07 bits per heavy atom. The first-order valence-corrected chi connectivity index (χ1v) is 6.31. The second-order valence-corrected chi connectivity index (χ2v) is 5.84. The fourth-order valence-corrected chi connectivity index (χ4v) is 1.13. The average molecular weight is 280 g/mol. The predicted molar refractivity (Wildman–Crippen MR) is 66.3 cm³/mol. The zero-order valence-corrected chi connectivity index (χ0v) is 11.7. The van der Waals surface area contributed by atoms with Gasteiger partial charge in [-0.1, -0.05) is 22.9 Å². The minimum absolute atomic E-state index is 0.0410. The van der Waals surface area contributed by atoms with Crippen molar-refractivity contribution >= 4 is 21.8 Å². The molecule has 90 valence electrons. The second-order valence-electron chi connectivity index (χ2n) is 4.55. The van der Waals surface area contributed by atoms with Crippen molar-refractivity contribution in [2.45, 2.75) is 51.0 Å². The molecule has 0 aliphatic rings. The van der Waals surface area contributed by atoms with E-state index in [1.165, 1.54) is 0 Å². The fourth-order valence-electron chi connectivity index (χ4n) is 0.905. The van der Waals surface area contributed by atoms with Crippen LogP contribution in [0.2, 0.25) is 0 Å². The van der Waals surface area contributed by atoms with Crippen LogP contribution in [0.5, 0.6) is 0 Å².